The van der Waals surface area contributed by atoms with Crippen LogP contribution in [0.5, 0.6) is 0 Å². The van der Waals surface area contributed by atoms with Crippen molar-refractivity contribution < 1.29 is 17.7 Å². The number of carbonyl (C=O) groups excluding carboxylic acids is 1. The third-order valence-corrected chi connectivity index (χ3v) is 5.81. The van der Waals surface area contributed by atoms with Crippen LogP contribution in [0.1, 0.15) is 30.8 Å². The van der Waals surface area contributed by atoms with Crippen LogP contribution in [0.3, 0.4) is 0 Å². The topological polar surface area (TPSA) is 102 Å². The van der Waals surface area contributed by atoms with Gasteiger partial charge in [0.05, 0.1) is 10.9 Å². The standard InChI is InChI=1S/C18H19N3O4S2/c1-12(13-3-5-15(6-4-13)27(2,23)24)19-16(22)7-8-17-20-18(21-25-17)14-9-10-26-11-14/h3-6,9-12H,7-8H2,1-2H3,(H,19,22)/t12-/m1/s1. The molecule has 3 rings (SSSR count). The number of carbonyl (C=O) groups is 1. The van der Waals surface area contributed by atoms with Gasteiger partial charge in [-0.25, -0.2) is 8.42 Å². The van der Waals surface area contributed by atoms with Crippen LogP contribution in [0, 0.1) is 0 Å². The van der Waals surface area contributed by atoms with Crippen LogP contribution in [-0.2, 0) is 21.1 Å². The molecule has 0 spiro atoms. The molecule has 1 N–H and O–H groups in total. The van der Waals surface area contributed by atoms with Gasteiger partial charge in [-0.05, 0) is 36.1 Å². The van der Waals surface area contributed by atoms with E-state index in [-0.39, 0.29) is 23.3 Å². The van der Waals surface area contributed by atoms with Crippen molar-refractivity contribution in [2.24, 2.45) is 0 Å². The second-order valence-corrected chi connectivity index (χ2v) is 8.95. The number of hydrogen-bond donors (Lipinski definition) is 1. The summed E-state index contributed by atoms with van der Waals surface area (Å²) < 4.78 is 28.2. The maximum absolute atomic E-state index is 12.2. The van der Waals surface area contributed by atoms with Crippen LogP contribution in [0.4, 0.5) is 0 Å². The maximum Gasteiger partial charge on any atom is 0.227 e. The largest absolute Gasteiger partial charge is 0.350 e. The van der Waals surface area contributed by atoms with Gasteiger partial charge in [0.2, 0.25) is 17.6 Å². The van der Waals surface area contributed by atoms with E-state index < -0.39 is 9.84 Å². The van der Waals surface area contributed by atoms with Crippen molar-refractivity contribution in [2.45, 2.75) is 30.7 Å². The molecule has 1 atom stereocenters. The van der Waals surface area contributed by atoms with Crippen LogP contribution < -0.4 is 5.32 Å². The Labute approximate surface area is 161 Å². The van der Waals surface area contributed by atoms with Gasteiger partial charge < -0.3 is 9.84 Å². The minimum absolute atomic E-state index is 0.148. The van der Waals surface area contributed by atoms with E-state index in [1.54, 1.807) is 23.5 Å². The first-order chi connectivity index (χ1) is 12.8. The van der Waals surface area contributed by atoms with Crippen LogP contribution in [0.2, 0.25) is 0 Å². The van der Waals surface area contributed by atoms with E-state index in [1.165, 1.54) is 12.1 Å². The normalized spacial score (nSPS) is 12.7. The number of hydrogen-bond acceptors (Lipinski definition) is 7. The molecular weight excluding hydrogens is 386 g/mol. The van der Waals surface area contributed by atoms with Crippen molar-refractivity contribution in [1.29, 1.82) is 0 Å². The van der Waals surface area contributed by atoms with E-state index in [1.807, 2.05) is 23.8 Å². The first kappa shape index (κ1) is 19.2. The van der Waals surface area contributed by atoms with Crippen molar-refractivity contribution in [1.82, 2.24) is 15.5 Å². The maximum atomic E-state index is 12.2. The zero-order valence-electron chi connectivity index (χ0n) is 14.9. The molecule has 0 fully saturated rings. The van der Waals surface area contributed by atoms with Gasteiger partial charge in [0, 0.05) is 30.0 Å². The highest BCUT2D eigenvalue weighted by Gasteiger charge is 2.14. The molecule has 0 aliphatic heterocycles. The molecule has 0 aliphatic carbocycles. The second-order valence-electron chi connectivity index (χ2n) is 6.15. The van der Waals surface area contributed by atoms with Gasteiger partial charge in [0.25, 0.3) is 0 Å². The fourth-order valence-corrected chi connectivity index (χ4v) is 3.75. The van der Waals surface area contributed by atoms with E-state index in [4.69, 9.17) is 4.52 Å². The fraction of sp³-hybridized carbons (Fsp3) is 0.278. The highest BCUT2D eigenvalue weighted by molar-refractivity contribution is 7.90. The quantitative estimate of drug-likeness (QED) is 0.648. The molecule has 0 radical (unpaired) electrons. The molecule has 142 valence electrons. The Morgan fingerprint density at radius 3 is 2.63 bits per heavy atom. The van der Waals surface area contributed by atoms with Gasteiger partial charge in [0.1, 0.15) is 0 Å². The number of aryl methyl sites for hydroxylation is 1. The summed E-state index contributed by atoms with van der Waals surface area (Å²) in [5.41, 5.74) is 1.72. The van der Waals surface area contributed by atoms with Crippen LogP contribution in [0.25, 0.3) is 11.4 Å². The SMILES string of the molecule is C[C@@H](NC(=O)CCc1nc(-c2ccsc2)no1)c1ccc(S(C)(=O)=O)cc1. The van der Waals surface area contributed by atoms with Crippen LogP contribution >= 0.6 is 11.3 Å². The van der Waals surface area contributed by atoms with E-state index >= 15 is 0 Å². The van der Waals surface area contributed by atoms with Gasteiger partial charge in [0.15, 0.2) is 9.84 Å². The Hall–Kier alpha value is -2.52. The number of thiophene rings is 1. The fourth-order valence-electron chi connectivity index (χ4n) is 2.49. The highest BCUT2D eigenvalue weighted by atomic mass is 32.2. The average molecular weight is 406 g/mol. The third-order valence-electron chi connectivity index (χ3n) is 4.00. The minimum Gasteiger partial charge on any atom is -0.350 e. The number of rotatable bonds is 7. The summed E-state index contributed by atoms with van der Waals surface area (Å²) in [4.78, 5) is 16.7. The van der Waals surface area contributed by atoms with E-state index in [9.17, 15) is 13.2 Å². The summed E-state index contributed by atoms with van der Waals surface area (Å²) in [5.74, 6) is 0.785. The van der Waals surface area contributed by atoms with Gasteiger partial charge in [-0.2, -0.15) is 16.3 Å². The summed E-state index contributed by atoms with van der Waals surface area (Å²) in [5, 5.41) is 10.7. The van der Waals surface area contributed by atoms with Crippen molar-refractivity contribution in [3.05, 3.63) is 52.5 Å². The summed E-state index contributed by atoms with van der Waals surface area (Å²) in [7, 11) is -3.23. The van der Waals surface area contributed by atoms with Crippen molar-refractivity contribution in [3.63, 3.8) is 0 Å². The number of nitrogens with zero attached hydrogens (tertiary/aromatic N) is 2. The van der Waals surface area contributed by atoms with E-state index in [2.05, 4.69) is 15.5 Å². The van der Waals surface area contributed by atoms with Crippen LogP contribution in [0.15, 0.2) is 50.5 Å². The Bertz CT molecular complexity index is 1010. The minimum atomic E-state index is -3.23. The zero-order valence-corrected chi connectivity index (χ0v) is 16.5. The summed E-state index contributed by atoms with van der Waals surface area (Å²) in [6.07, 6.45) is 1.73. The molecule has 1 aromatic carbocycles. The number of sulfone groups is 1. The first-order valence-electron chi connectivity index (χ1n) is 8.27. The summed E-state index contributed by atoms with van der Waals surface area (Å²) in [6.45, 7) is 1.84. The Kier molecular flexibility index (Phi) is 5.71. The Morgan fingerprint density at radius 2 is 2.00 bits per heavy atom. The molecule has 0 saturated carbocycles. The highest BCUT2D eigenvalue weighted by Crippen LogP contribution is 2.19. The lowest BCUT2D eigenvalue weighted by Gasteiger charge is -2.14. The lowest BCUT2D eigenvalue weighted by Crippen LogP contribution is -2.26. The van der Waals surface area contributed by atoms with Gasteiger partial charge >= 0.3 is 0 Å². The summed E-state index contributed by atoms with van der Waals surface area (Å²) >= 11 is 1.55. The van der Waals surface area contributed by atoms with E-state index in [0.717, 1.165) is 17.4 Å². The molecule has 0 unspecified atom stereocenters. The Morgan fingerprint density at radius 1 is 1.26 bits per heavy atom. The molecule has 3 aromatic rings. The van der Waals surface area contributed by atoms with Gasteiger partial charge in [-0.3, -0.25) is 4.79 Å². The van der Waals surface area contributed by atoms with Gasteiger partial charge in [-0.1, -0.05) is 17.3 Å². The van der Waals surface area contributed by atoms with Crippen LogP contribution in [-0.4, -0.2) is 30.7 Å². The van der Waals surface area contributed by atoms with Gasteiger partial charge in [-0.15, -0.1) is 0 Å². The molecule has 27 heavy (non-hydrogen) atoms. The number of benzene rings is 1. The summed E-state index contributed by atoms with van der Waals surface area (Å²) in [6, 6.07) is 8.15. The van der Waals surface area contributed by atoms with E-state index in [0.29, 0.717) is 18.1 Å². The lowest BCUT2D eigenvalue weighted by atomic mass is 10.1. The predicted octanol–water partition coefficient (Wildman–Crippen LogP) is 3.01. The smallest absolute Gasteiger partial charge is 0.227 e. The number of aromatic nitrogens is 2. The number of amides is 1. The molecule has 2 aromatic heterocycles. The molecule has 2 heterocycles. The Balaban J connectivity index is 1.53. The first-order valence-corrected chi connectivity index (χ1v) is 11.1. The monoisotopic (exact) mass is 405 g/mol. The predicted molar refractivity (Wildman–Crippen MR) is 102 cm³/mol. The number of nitrogens with one attached hydrogen (secondary N) is 1. The zero-order chi connectivity index (χ0) is 19.4. The van der Waals surface area contributed by atoms with Crippen molar-refractivity contribution in [2.75, 3.05) is 6.26 Å². The second kappa shape index (κ2) is 8.01. The molecule has 0 bridgehead atoms. The lowest BCUT2D eigenvalue weighted by molar-refractivity contribution is -0.121. The molecule has 1 amide bonds. The molecule has 0 saturated heterocycles. The third kappa shape index (κ3) is 5.01. The molecular formula is C18H19N3O4S2. The molecule has 7 nitrogen and oxygen atoms in total. The molecule has 0 aliphatic rings. The van der Waals surface area contributed by atoms with Crippen molar-refractivity contribution in [3.8, 4) is 11.4 Å². The average Bonchev–Trinajstić information content (AvgIpc) is 3.30. The molecule has 9 heteroatoms. The van der Waals surface area contributed by atoms with Crippen molar-refractivity contribution >= 4 is 27.1 Å².